The zero-order valence-electron chi connectivity index (χ0n) is 11.3. The average Bonchev–Trinajstić information content (AvgIpc) is 2.94. The topological polar surface area (TPSA) is 46.5 Å². The van der Waals surface area contributed by atoms with Crippen LogP contribution in [0, 0.1) is 5.82 Å². The summed E-state index contributed by atoms with van der Waals surface area (Å²) in [5.74, 6) is -0.791. The lowest BCUT2D eigenvalue weighted by Gasteiger charge is -2.10. The van der Waals surface area contributed by atoms with Gasteiger partial charge in [0.2, 0.25) is 0 Å². The van der Waals surface area contributed by atoms with Crippen LogP contribution in [0.4, 0.5) is 4.39 Å². The molecule has 1 aliphatic rings. The van der Waals surface area contributed by atoms with E-state index in [-0.39, 0.29) is 27.8 Å². The molecular weight excluding hydrogens is 330 g/mol. The first kappa shape index (κ1) is 15.3. The highest BCUT2D eigenvalue weighted by Gasteiger charge is 2.29. The first-order chi connectivity index (χ1) is 10.5. The van der Waals surface area contributed by atoms with Gasteiger partial charge >= 0.3 is 0 Å². The molecule has 0 fully saturated rings. The molecule has 1 unspecified atom stereocenters. The number of rotatable bonds is 3. The van der Waals surface area contributed by atoms with Crippen LogP contribution in [0.1, 0.15) is 21.5 Å². The Hall–Kier alpha value is -1.62. The Morgan fingerprint density at radius 2 is 2.00 bits per heavy atom. The Morgan fingerprint density at radius 3 is 2.68 bits per heavy atom. The summed E-state index contributed by atoms with van der Waals surface area (Å²) in [6.45, 7) is -0.167. The summed E-state index contributed by atoms with van der Waals surface area (Å²) in [4.78, 5) is 12.5. The summed E-state index contributed by atoms with van der Waals surface area (Å²) in [5, 5.41) is 9.30. The molecule has 1 aliphatic heterocycles. The van der Waals surface area contributed by atoms with Crippen LogP contribution >= 0.6 is 23.2 Å². The van der Waals surface area contributed by atoms with Crippen LogP contribution < -0.4 is 4.74 Å². The summed E-state index contributed by atoms with van der Waals surface area (Å²) in [7, 11) is 0. The third kappa shape index (κ3) is 2.47. The fourth-order valence-corrected chi connectivity index (χ4v) is 2.95. The fourth-order valence-electron chi connectivity index (χ4n) is 2.45. The zero-order chi connectivity index (χ0) is 15.9. The molecule has 0 saturated carbocycles. The number of hydrogen-bond donors (Lipinski definition) is 1. The monoisotopic (exact) mass is 340 g/mol. The molecule has 0 aliphatic carbocycles. The number of halogens is 3. The van der Waals surface area contributed by atoms with E-state index in [1.165, 1.54) is 18.2 Å². The predicted octanol–water partition coefficient (Wildman–Crippen LogP) is 3.66. The predicted molar refractivity (Wildman–Crippen MR) is 81.5 cm³/mol. The number of aliphatic hydroxyl groups is 1. The second-order valence-corrected chi connectivity index (χ2v) is 5.73. The molecule has 0 bridgehead atoms. The van der Waals surface area contributed by atoms with Crippen LogP contribution in [0.2, 0.25) is 10.0 Å². The first-order valence-electron chi connectivity index (χ1n) is 6.60. The van der Waals surface area contributed by atoms with Gasteiger partial charge in [-0.15, -0.1) is 0 Å². The molecule has 2 aromatic rings. The van der Waals surface area contributed by atoms with Crippen molar-refractivity contribution >= 4 is 29.0 Å². The molecule has 0 saturated heterocycles. The van der Waals surface area contributed by atoms with E-state index in [0.717, 1.165) is 0 Å². The molecule has 0 radical (unpaired) electrons. The Morgan fingerprint density at radius 1 is 1.27 bits per heavy atom. The molecule has 0 aromatic heterocycles. The fraction of sp³-hybridized carbons (Fsp3) is 0.188. The number of ketones is 1. The number of ether oxygens (including phenoxy) is 1. The summed E-state index contributed by atoms with van der Waals surface area (Å²) in [6.07, 6.45) is 0.00248. The number of carbonyl (C=O) groups is 1. The maximum atomic E-state index is 13.8. The average molecular weight is 341 g/mol. The van der Waals surface area contributed by atoms with E-state index in [1.807, 2.05) is 0 Å². The van der Waals surface area contributed by atoms with E-state index in [4.69, 9.17) is 27.9 Å². The molecule has 6 heteroatoms. The number of hydrogen-bond acceptors (Lipinski definition) is 3. The molecule has 3 nitrogen and oxygen atoms in total. The molecule has 1 heterocycles. The summed E-state index contributed by atoms with van der Waals surface area (Å²) >= 11 is 12.3. The van der Waals surface area contributed by atoms with Gasteiger partial charge in [-0.2, -0.15) is 0 Å². The van der Waals surface area contributed by atoms with E-state index in [1.54, 1.807) is 12.1 Å². The number of benzene rings is 2. The van der Waals surface area contributed by atoms with E-state index < -0.39 is 17.7 Å². The van der Waals surface area contributed by atoms with Gasteiger partial charge in [-0.1, -0.05) is 35.3 Å². The van der Waals surface area contributed by atoms with Gasteiger partial charge in [0.05, 0.1) is 17.2 Å². The van der Waals surface area contributed by atoms with Gasteiger partial charge in [-0.05, 0) is 18.2 Å². The SMILES string of the molecule is O=C(c1ccccc1F)c1cc2c(c(Cl)c1Cl)OC(CO)C2. The Kier molecular flexibility index (Phi) is 4.08. The minimum Gasteiger partial charge on any atom is -0.486 e. The van der Waals surface area contributed by atoms with Crippen molar-refractivity contribution in [3.05, 3.63) is 62.9 Å². The Labute approximate surface area is 136 Å². The maximum absolute atomic E-state index is 13.8. The van der Waals surface area contributed by atoms with Crippen molar-refractivity contribution in [1.29, 1.82) is 0 Å². The maximum Gasteiger partial charge on any atom is 0.197 e. The molecule has 1 atom stereocenters. The van der Waals surface area contributed by atoms with E-state index >= 15 is 0 Å². The van der Waals surface area contributed by atoms with Crippen LogP contribution in [0.25, 0.3) is 0 Å². The molecule has 22 heavy (non-hydrogen) atoms. The molecule has 0 spiro atoms. The highest BCUT2D eigenvalue weighted by atomic mass is 35.5. The largest absolute Gasteiger partial charge is 0.486 e. The molecular formula is C16H11Cl2FO3. The van der Waals surface area contributed by atoms with E-state index in [9.17, 15) is 14.3 Å². The first-order valence-corrected chi connectivity index (χ1v) is 7.36. The lowest BCUT2D eigenvalue weighted by atomic mass is 9.99. The summed E-state index contributed by atoms with van der Waals surface area (Å²) in [5.41, 5.74) is 0.726. The second kappa shape index (κ2) is 5.88. The Bertz CT molecular complexity index is 761. The molecule has 2 aromatic carbocycles. The lowest BCUT2D eigenvalue weighted by Crippen LogP contribution is -2.17. The van der Waals surface area contributed by atoms with E-state index in [0.29, 0.717) is 17.7 Å². The summed E-state index contributed by atoms with van der Waals surface area (Å²) in [6, 6.07) is 7.23. The van der Waals surface area contributed by atoms with Crippen molar-refractivity contribution in [2.75, 3.05) is 6.61 Å². The van der Waals surface area contributed by atoms with Gasteiger partial charge in [-0.25, -0.2) is 4.39 Å². The van der Waals surface area contributed by atoms with Gasteiger partial charge < -0.3 is 9.84 Å². The molecule has 3 rings (SSSR count). The quantitative estimate of drug-likeness (QED) is 0.867. The van der Waals surface area contributed by atoms with Crippen LogP contribution in [0.3, 0.4) is 0 Å². The normalized spacial score (nSPS) is 16.3. The minimum atomic E-state index is -0.621. The standard InChI is InChI=1S/C16H11Cl2FO3/c17-13-11(15(21)10-3-1-2-4-12(10)19)6-8-5-9(7-20)22-16(8)14(13)18/h1-4,6,9,20H,5,7H2. The molecule has 1 N–H and O–H groups in total. The van der Waals surface area contributed by atoms with Crippen molar-refractivity contribution in [2.24, 2.45) is 0 Å². The van der Waals surface area contributed by atoms with Gasteiger partial charge in [-0.3, -0.25) is 4.79 Å². The smallest absolute Gasteiger partial charge is 0.197 e. The minimum absolute atomic E-state index is 0.0206. The third-order valence-corrected chi connectivity index (χ3v) is 4.39. The van der Waals surface area contributed by atoms with Crippen molar-refractivity contribution in [3.8, 4) is 5.75 Å². The van der Waals surface area contributed by atoms with Crippen molar-refractivity contribution in [1.82, 2.24) is 0 Å². The van der Waals surface area contributed by atoms with Crippen molar-refractivity contribution in [3.63, 3.8) is 0 Å². The Balaban J connectivity index is 2.08. The van der Waals surface area contributed by atoms with Gasteiger partial charge in [0.25, 0.3) is 0 Å². The van der Waals surface area contributed by atoms with Crippen LogP contribution in [-0.2, 0) is 6.42 Å². The molecule has 0 amide bonds. The highest BCUT2D eigenvalue weighted by molar-refractivity contribution is 6.45. The number of aliphatic hydroxyl groups excluding tert-OH is 1. The molecule has 114 valence electrons. The number of carbonyl (C=O) groups excluding carboxylic acids is 1. The highest BCUT2D eigenvalue weighted by Crippen LogP contribution is 2.43. The third-order valence-electron chi connectivity index (χ3n) is 3.54. The van der Waals surface area contributed by atoms with Crippen LogP contribution in [0.15, 0.2) is 30.3 Å². The van der Waals surface area contributed by atoms with Crippen LogP contribution in [0.5, 0.6) is 5.75 Å². The second-order valence-electron chi connectivity index (χ2n) is 4.98. The van der Waals surface area contributed by atoms with Crippen molar-refractivity contribution < 1.29 is 19.0 Å². The van der Waals surface area contributed by atoms with Crippen LogP contribution in [-0.4, -0.2) is 23.6 Å². The summed E-state index contributed by atoms with van der Waals surface area (Å²) < 4.78 is 19.3. The number of fused-ring (bicyclic) bond motifs is 1. The van der Waals surface area contributed by atoms with Gasteiger partial charge in [0.15, 0.2) is 5.78 Å². The lowest BCUT2D eigenvalue weighted by molar-refractivity contribution is 0.103. The van der Waals surface area contributed by atoms with Gasteiger partial charge in [0, 0.05) is 17.5 Å². The zero-order valence-corrected chi connectivity index (χ0v) is 12.8. The van der Waals surface area contributed by atoms with Gasteiger partial charge in [0.1, 0.15) is 22.7 Å². The van der Waals surface area contributed by atoms with E-state index in [2.05, 4.69) is 0 Å². The van der Waals surface area contributed by atoms with Crippen molar-refractivity contribution in [2.45, 2.75) is 12.5 Å².